The molecule has 0 radical (unpaired) electrons. The third kappa shape index (κ3) is 6.54. The number of rotatable bonds is 7. The van der Waals surface area contributed by atoms with E-state index >= 15 is 0 Å². The second-order valence-corrected chi connectivity index (χ2v) is 12.6. The summed E-state index contributed by atoms with van der Waals surface area (Å²) in [4.78, 5) is 18.4. The van der Waals surface area contributed by atoms with Crippen LogP contribution >= 0.6 is 47.8 Å². The Morgan fingerprint density at radius 2 is 2.03 bits per heavy atom. The number of para-hydroxylation sites is 1. The van der Waals surface area contributed by atoms with Crippen LogP contribution in [-0.4, -0.2) is 50.7 Å². The summed E-state index contributed by atoms with van der Waals surface area (Å²) in [6.45, 7) is 0.978. The number of benzene rings is 1. The van der Waals surface area contributed by atoms with Crippen LogP contribution in [0, 0.1) is 0 Å². The predicted octanol–water partition coefficient (Wildman–Crippen LogP) is 4.20. The maximum atomic E-state index is 5.88. The smallest absolute Gasteiger partial charge is 0.325 e. The Bertz CT molecular complexity index is 905. The van der Waals surface area contributed by atoms with E-state index in [1.54, 1.807) is 24.3 Å². The van der Waals surface area contributed by atoms with Crippen LogP contribution in [0.25, 0.3) is 0 Å². The molecule has 2 heterocycles. The van der Waals surface area contributed by atoms with E-state index in [0.717, 1.165) is 0 Å². The molecule has 0 saturated heterocycles. The van der Waals surface area contributed by atoms with E-state index in [9.17, 15) is 0 Å². The van der Waals surface area contributed by atoms with Gasteiger partial charge in [-0.3, -0.25) is 0 Å². The van der Waals surface area contributed by atoms with Crippen molar-refractivity contribution < 1.29 is 23.9 Å². The first-order chi connectivity index (χ1) is 14.0. The Morgan fingerprint density at radius 1 is 1.21 bits per heavy atom. The molecular formula is C17H15Br3N4O5. The number of ether oxygens (including phenoxy) is 3. The lowest BCUT2D eigenvalue weighted by molar-refractivity contribution is 0.0672. The van der Waals surface area contributed by atoms with E-state index in [4.69, 9.17) is 23.9 Å². The molecule has 0 aliphatic carbocycles. The SMILES string of the molecule is CO/N=C(\C1=NOCCO1)c1ccccc1Oc1nccc(OCC(Br)(Br)Br)n1. The summed E-state index contributed by atoms with van der Waals surface area (Å²) in [5, 5.41) is 7.91. The van der Waals surface area contributed by atoms with Gasteiger partial charge in [0.25, 0.3) is 5.90 Å². The lowest BCUT2D eigenvalue weighted by Gasteiger charge is -2.16. The Morgan fingerprint density at radius 3 is 2.76 bits per heavy atom. The van der Waals surface area contributed by atoms with Crippen LogP contribution in [0.15, 0.2) is 46.8 Å². The van der Waals surface area contributed by atoms with Crippen molar-refractivity contribution in [3.05, 3.63) is 42.1 Å². The highest BCUT2D eigenvalue weighted by Gasteiger charge is 2.23. The molecule has 0 saturated carbocycles. The lowest BCUT2D eigenvalue weighted by atomic mass is 10.1. The first-order valence-electron chi connectivity index (χ1n) is 8.20. The molecule has 154 valence electrons. The average molecular weight is 595 g/mol. The number of nitrogens with zero attached hydrogens (tertiary/aromatic N) is 4. The summed E-state index contributed by atoms with van der Waals surface area (Å²) in [5.41, 5.74) is 0.881. The molecule has 0 N–H and O–H groups in total. The van der Waals surface area contributed by atoms with Crippen LogP contribution in [0.4, 0.5) is 0 Å². The van der Waals surface area contributed by atoms with Gasteiger partial charge in [0.1, 0.15) is 26.1 Å². The van der Waals surface area contributed by atoms with Crippen LogP contribution in [0.3, 0.4) is 0 Å². The second kappa shape index (κ2) is 10.2. The van der Waals surface area contributed by atoms with Gasteiger partial charge in [0.2, 0.25) is 5.88 Å². The molecule has 3 rings (SSSR count). The van der Waals surface area contributed by atoms with Crippen molar-refractivity contribution in [3.63, 3.8) is 0 Å². The van der Waals surface area contributed by atoms with Crippen LogP contribution in [0.2, 0.25) is 0 Å². The normalized spacial score (nSPS) is 14.3. The Hall–Kier alpha value is -1.92. The van der Waals surface area contributed by atoms with E-state index < -0.39 is 2.14 Å². The monoisotopic (exact) mass is 592 g/mol. The highest BCUT2D eigenvalue weighted by molar-refractivity contribution is 9.39. The zero-order valence-electron chi connectivity index (χ0n) is 15.0. The van der Waals surface area contributed by atoms with E-state index in [1.807, 2.05) is 6.07 Å². The first kappa shape index (κ1) is 21.8. The zero-order chi connectivity index (χ0) is 20.7. The van der Waals surface area contributed by atoms with Crippen molar-refractivity contribution >= 4 is 59.4 Å². The van der Waals surface area contributed by atoms with Gasteiger partial charge in [0.05, 0.1) is 5.56 Å². The first-order valence-corrected chi connectivity index (χ1v) is 10.6. The van der Waals surface area contributed by atoms with Crippen LogP contribution in [0.1, 0.15) is 5.56 Å². The van der Waals surface area contributed by atoms with Gasteiger partial charge in [-0.2, -0.15) is 4.98 Å². The molecule has 29 heavy (non-hydrogen) atoms. The topological polar surface area (TPSA) is 96.7 Å². The van der Waals surface area contributed by atoms with Gasteiger partial charge < -0.3 is 23.9 Å². The Balaban J connectivity index is 1.86. The van der Waals surface area contributed by atoms with Crippen LogP contribution < -0.4 is 9.47 Å². The summed E-state index contributed by atoms with van der Waals surface area (Å²) in [7, 11) is 1.43. The molecule has 0 unspecified atom stereocenters. The summed E-state index contributed by atoms with van der Waals surface area (Å²) in [6, 6.07) is 8.86. The predicted molar refractivity (Wildman–Crippen MR) is 116 cm³/mol. The minimum Gasteiger partial charge on any atom is -0.474 e. The van der Waals surface area contributed by atoms with Gasteiger partial charge in [-0.15, -0.1) is 0 Å². The molecule has 9 nitrogen and oxygen atoms in total. The minimum atomic E-state index is -0.556. The molecule has 0 spiro atoms. The van der Waals surface area contributed by atoms with Gasteiger partial charge >= 0.3 is 6.01 Å². The molecule has 1 aliphatic heterocycles. The quantitative estimate of drug-likeness (QED) is 0.269. The number of oxime groups is 2. The summed E-state index contributed by atoms with van der Waals surface area (Å²) in [5.74, 6) is 0.956. The van der Waals surface area contributed by atoms with Gasteiger partial charge in [0.15, 0.2) is 14.5 Å². The third-order valence-electron chi connectivity index (χ3n) is 3.28. The maximum Gasteiger partial charge on any atom is 0.325 e. The third-order valence-corrected chi connectivity index (χ3v) is 3.97. The molecule has 1 aliphatic rings. The standard InChI is InChI=1S/C17H15Br3N4O5/c1-25-23-14(15-24-28-9-8-26-15)11-4-2-3-5-12(11)29-16-21-7-6-13(22-16)27-10-17(18,19)20/h2-7H,8-10H2,1H3/b23-14-. The Kier molecular flexibility index (Phi) is 7.67. The molecule has 2 aromatic rings. The van der Waals surface area contributed by atoms with E-state index in [0.29, 0.717) is 36.1 Å². The molecular weight excluding hydrogens is 580 g/mol. The van der Waals surface area contributed by atoms with Crippen LogP contribution in [-0.2, 0) is 14.4 Å². The fourth-order valence-corrected chi connectivity index (χ4v) is 2.52. The zero-order valence-corrected chi connectivity index (χ0v) is 19.8. The Labute approximate surface area is 191 Å². The summed E-state index contributed by atoms with van der Waals surface area (Å²) < 4.78 is 16.4. The van der Waals surface area contributed by atoms with Crippen molar-refractivity contribution in [2.45, 2.75) is 2.14 Å². The fraction of sp³-hybridized carbons (Fsp3) is 0.294. The summed E-state index contributed by atoms with van der Waals surface area (Å²) in [6.07, 6.45) is 1.53. The molecule has 0 bridgehead atoms. The number of hydrogen-bond donors (Lipinski definition) is 0. The van der Waals surface area contributed by atoms with E-state index in [1.165, 1.54) is 13.3 Å². The number of hydrogen-bond acceptors (Lipinski definition) is 9. The maximum absolute atomic E-state index is 5.88. The largest absolute Gasteiger partial charge is 0.474 e. The van der Waals surface area contributed by atoms with Crippen molar-refractivity contribution in [3.8, 4) is 17.6 Å². The number of aromatic nitrogens is 2. The van der Waals surface area contributed by atoms with Crippen molar-refractivity contribution in [2.75, 3.05) is 26.9 Å². The van der Waals surface area contributed by atoms with Crippen molar-refractivity contribution in [1.82, 2.24) is 9.97 Å². The van der Waals surface area contributed by atoms with E-state index in [-0.39, 0.29) is 18.5 Å². The molecule has 0 amide bonds. The number of halogens is 3. The van der Waals surface area contributed by atoms with Gasteiger partial charge in [0, 0.05) is 12.3 Å². The summed E-state index contributed by atoms with van der Waals surface area (Å²) >= 11 is 10.1. The minimum absolute atomic E-state index is 0.0961. The highest BCUT2D eigenvalue weighted by atomic mass is 80.0. The van der Waals surface area contributed by atoms with Gasteiger partial charge in [-0.1, -0.05) is 65.1 Å². The second-order valence-electron chi connectivity index (χ2n) is 5.38. The van der Waals surface area contributed by atoms with Crippen LogP contribution in [0.5, 0.6) is 17.6 Å². The highest BCUT2D eigenvalue weighted by Crippen LogP contribution is 2.34. The van der Waals surface area contributed by atoms with Crippen molar-refractivity contribution in [2.24, 2.45) is 10.3 Å². The number of alkyl halides is 3. The molecule has 0 fully saturated rings. The molecule has 1 aromatic carbocycles. The molecule has 12 heteroatoms. The fourth-order valence-electron chi connectivity index (χ4n) is 2.17. The van der Waals surface area contributed by atoms with Gasteiger partial charge in [-0.05, 0) is 17.3 Å². The van der Waals surface area contributed by atoms with Gasteiger partial charge in [-0.25, -0.2) is 4.98 Å². The lowest BCUT2D eigenvalue weighted by Crippen LogP contribution is -2.25. The van der Waals surface area contributed by atoms with Crippen molar-refractivity contribution in [1.29, 1.82) is 0 Å². The van der Waals surface area contributed by atoms with E-state index in [2.05, 4.69) is 68.1 Å². The molecule has 0 atom stereocenters. The molecule has 1 aromatic heterocycles. The average Bonchev–Trinajstić information content (AvgIpc) is 2.72.